The number of carbonyl (C=O) groups excluding carboxylic acids is 2. The van der Waals surface area contributed by atoms with Crippen LogP contribution in [0.25, 0.3) is 0 Å². The van der Waals surface area contributed by atoms with Crippen LogP contribution in [0.4, 0.5) is 0 Å². The first kappa shape index (κ1) is 62.1. The van der Waals surface area contributed by atoms with Gasteiger partial charge in [0.05, 0.1) is 25.4 Å². The first-order valence-electron chi connectivity index (χ1n) is 28.3. The van der Waals surface area contributed by atoms with Gasteiger partial charge in [-0.15, -0.1) is 0 Å². The van der Waals surface area contributed by atoms with Crippen molar-refractivity contribution in [2.24, 2.45) is 0 Å². The molecule has 0 aromatic rings. The first-order chi connectivity index (χ1) is 31.5. The molecule has 0 saturated heterocycles. The zero-order valence-corrected chi connectivity index (χ0v) is 42.8. The Labute approximate surface area is 398 Å². The van der Waals surface area contributed by atoms with Gasteiger partial charge in [0.2, 0.25) is 5.91 Å². The topological polar surface area (TPSA) is 95.9 Å². The number of unbranched alkanes of at least 4 members (excludes halogenated alkanes) is 38. The molecule has 0 aromatic heterocycles. The van der Waals surface area contributed by atoms with E-state index in [1.807, 2.05) is 6.08 Å². The summed E-state index contributed by atoms with van der Waals surface area (Å²) in [4.78, 5) is 24.4. The van der Waals surface area contributed by atoms with Crippen molar-refractivity contribution in [2.75, 3.05) is 13.2 Å². The fourth-order valence-corrected chi connectivity index (χ4v) is 8.57. The van der Waals surface area contributed by atoms with E-state index in [1.54, 1.807) is 6.08 Å². The molecule has 2 unspecified atom stereocenters. The summed E-state index contributed by atoms with van der Waals surface area (Å²) in [5, 5.41) is 23.1. The largest absolute Gasteiger partial charge is 0.466 e. The molecular weight excluding hydrogens is 791 g/mol. The van der Waals surface area contributed by atoms with Gasteiger partial charge in [0.1, 0.15) is 0 Å². The monoisotopic (exact) mass is 900 g/mol. The molecule has 2 atom stereocenters. The van der Waals surface area contributed by atoms with Crippen LogP contribution in [-0.4, -0.2) is 47.4 Å². The van der Waals surface area contributed by atoms with E-state index < -0.39 is 12.1 Å². The van der Waals surface area contributed by atoms with E-state index in [9.17, 15) is 19.8 Å². The lowest BCUT2D eigenvalue weighted by atomic mass is 10.0. The number of ether oxygens (including phenoxy) is 1. The molecule has 0 aliphatic rings. The van der Waals surface area contributed by atoms with Crippen molar-refractivity contribution in [3.8, 4) is 0 Å². The van der Waals surface area contributed by atoms with Crippen molar-refractivity contribution >= 4 is 11.9 Å². The fourth-order valence-electron chi connectivity index (χ4n) is 8.57. The van der Waals surface area contributed by atoms with Gasteiger partial charge in [-0.2, -0.15) is 0 Å². The number of amides is 1. The predicted octanol–water partition coefficient (Wildman–Crippen LogP) is 17.2. The first-order valence-corrected chi connectivity index (χ1v) is 28.3. The number of carbonyl (C=O) groups is 2. The number of hydrogen-bond acceptors (Lipinski definition) is 5. The number of aliphatic hydroxyl groups excluding tert-OH is 2. The summed E-state index contributed by atoms with van der Waals surface area (Å²) < 4.78 is 5.43. The zero-order chi connectivity index (χ0) is 46.5. The van der Waals surface area contributed by atoms with Gasteiger partial charge >= 0.3 is 5.97 Å². The van der Waals surface area contributed by atoms with Crippen LogP contribution in [0.3, 0.4) is 0 Å². The van der Waals surface area contributed by atoms with Gasteiger partial charge in [0.15, 0.2) is 0 Å². The summed E-state index contributed by atoms with van der Waals surface area (Å²) in [5.41, 5.74) is 0. The Kier molecular flexibility index (Phi) is 52.1. The lowest BCUT2D eigenvalue weighted by molar-refractivity contribution is -0.143. The molecule has 376 valence electrons. The maximum atomic E-state index is 12.5. The zero-order valence-electron chi connectivity index (χ0n) is 42.8. The highest BCUT2D eigenvalue weighted by Crippen LogP contribution is 2.16. The van der Waals surface area contributed by atoms with Gasteiger partial charge in [-0.1, -0.05) is 256 Å². The molecular formula is C58H109NO5. The Bertz CT molecular complexity index is 1040. The van der Waals surface area contributed by atoms with Crippen LogP contribution in [0.1, 0.15) is 296 Å². The summed E-state index contributed by atoms with van der Waals surface area (Å²) in [5.74, 6) is -0.112. The van der Waals surface area contributed by atoms with Crippen LogP contribution in [0.2, 0.25) is 0 Å². The molecule has 0 rings (SSSR count). The number of nitrogens with one attached hydrogen (secondary N) is 1. The minimum Gasteiger partial charge on any atom is -0.466 e. The van der Waals surface area contributed by atoms with Crippen molar-refractivity contribution in [1.29, 1.82) is 0 Å². The van der Waals surface area contributed by atoms with Crippen LogP contribution >= 0.6 is 0 Å². The summed E-state index contributed by atoms with van der Waals surface area (Å²) in [7, 11) is 0. The van der Waals surface area contributed by atoms with Gasteiger partial charge in [-0.25, -0.2) is 0 Å². The number of aliphatic hydroxyl groups is 2. The molecule has 1 amide bonds. The normalized spacial score (nSPS) is 12.9. The van der Waals surface area contributed by atoms with Crippen LogP contribution in [0.5, 0.6) is 0 Å². The number of hydrogen-bond donors (Lipinski definition) is 3. The van der Waals surface area contributed by atoms with E-state index in [4.69, 9.17) is 4.74 Å². The van der Waals surface area contributed by atoms with E-state index in [-0.39, 0.29) is 18.5 Å². The minimum atomic E-state index is -0.859. The van der Waals surface area contributed by atoms with E-state index in [1.165, 1.54) is 193 Å². The van der Waals surface area contributed by atoms with Gasteiger partial charge in [0.25, 0.3) is 0 Å². The second-order valence-corrected chi connectivity index (χ2v) is 19.3. The third kappa shape index (κ3) is 49.5. The average molecular weight is 901 g/mol. The Morgan fingerprint density at radius 3 is 1.16 bits per heavy atom. The molecule has 0 heterocycles. The molecule has 0 fully saturated rings. The summed E-state index contributed by atoms with van der Waals surface area (Å²) in [6.45, 7) is 4.85. The quantitative estimate of drug-likeness (QED) is 0.0245. The van der Waals surface area contributed by atoms with E-state index >= 15 is 0 Å². The molecule has 0 aromatic carbocycles. The lowest BCUT2D eigenvalue weighted by Crippen LogP contribution is -2.45. The van der Waals surface area contributed by atoms with E-state index in [0.717, 1.165) is 77.0 Å². The second-order valence-electron chi connectivity index (χ2n) is 19.3. The van der Waals surface area contributed by atoms with Crippen molar-refractivity contribution in [2.45, 2.75) is 309 Å². The molecule has 0 bridgehead atoms. The van der Waals surface area contributed by atoms with E-state index in [2.05, 4.69) is 43.5 Å². The van der Waals surface area contributed by atoms with Crippen LogP contribution < -0.4 is 5.32 Å². The molecule has 0 saturated carbocycles. The molecule has 0 aliphatic carbocycles. The van der Waals surface area contributed by atoms with Crippen LogP contribution in [0.15, 0.2) is 36.5 Å². The van der Waals surface area contributed by atoms with Gasteiger partial charge in [-0.05, 0) is 64.2 Å². The molecule has 64 heavy (non-hydrogen) atoms. The predicted molar refractivity (Wildman–Crippen MR) is 278 cm³/mol. The smallest absolute Gasteiger partial charge is 0.305 e. The number of esters is 1. The Morgan fingerprint density at radius 2 is 0.766 bits per heavy atom. The third-order valence-corrected chi connectivity index (χ3v) is 12.9. The van der Waals surface area contributed by atoms with E-state index in [0.29, 0.717) is 19.4 Å². The highest BCUT2D eigenvalue weighted by Gasteiger charge is 2.18. The standard InChI is InChI=1S/C58H109NO5/c1-3-5-7-9-11-13-15-16-17-18-19-20-21-22-24-27-31-34-38-42-46-50-56(61)55(54-60)59-57(62)51-47-43-39-35-32-28-25-23-26-29-33-37-41-45-49-53-64-58(63)52-48-44-40-36-30-14-12-10-8-6-4-2/h23,26,29,33,46,50,55-56,60-61H,3-22,24-25,27-28,30-32,34-45,47-49,51-54H2,1-2H3,(H,59,62)/b26-23-,33-29-,50-46+. The van der Waals surface area contributed by atoms with Gasteiger partial charge < -0.3 is 20.3 Å². The van der Waals surface area contributed by atoms with Gasteiger partial charge in [-0.3, -0.25) is 9.59 Å². The Hall–Kier alpha value is -1.92. The third-order valence-electron chi connectivity index (χ3n) is 12.9. The SMILES string of the molecule is CCCCCCCCCCCCCCCCCCCCC/C=C/C(O)C(CO)NC(=O)CCCCCCCC/C=C\C=C/CCCCCOC(=O)CCCCCCCCCCCCC. The molecule has 0 aliphatic heterocycles. The fraction of sp³-hybridized carbons (Fsp3) is 0.862. The molecule has 0 spiro atoms. The van der Waals surface area contributed by atoms with Crippen LogP contribution in [0, 0.1) is 0 Å². The second kappa shape index (κ2) is 53.7. The number of allylic oxidation sites excluding steroid dienone is 5. The molecule has 6 nitrogen and oxygen atoms in total. The molecule has 6 heteroatoms. The maximum Gasteiger partial charge on any atom is 0.305 e. The van der Waals surface area contributed by atoms with Crippen LogP contribution in [-0.2, 0) is 14.3 Å². The van der Waals surface area contributed by atoms with Gasteiger partial charge in [0, 0.05) is 12.8 Å². The summed E-state index contributed by atoms with van der Waals surface area (Å²) in [6, 6.07) is -0.645. The average Bonchev–Trinajstić information content (AvgIpc) is 3.29. The van der Waals surface area contributed by atoms with Crippen molar-refractivity contribution in [3.05, 3.63) is 36.5 Å². The Balaban J connectivity index is 3.56. The Morgan fingerprint density at radius 1 is 0.438 bits per heavy atom. The van der Waals surface area contributed by atoms with Crippen molar-refractivity contribution < 1.29 is 24.5 Å². The van der Waals surface area contributed by atoms with Crippen molar-refractivity contribution in [1.82, 2.24) is 5.32 Å². The molecule has 0 radical (unpaired) electrons. The maximum absolute atomic E-state index is 12.5. The highest BCUT2D eigenvalue weighted by molar-refractivity contribution is 5.76. The minimum absolute atomic E-state index is 0.0232. The lowest BCUT2D eigenvalue weighted by Gasteiger charge is -2.20. The summed E-state index contributed by atoms with van der Waals surface area (Å²) >= 11 is 0. The molecule has 3 N–H and O–H groups in total. The number of rotatable bonds is 52. The highest BCUT2D eigenvalue weighted by atomic mass is 16.5. The van der Waals surface area contributed by atoms with Crippen molar-refractivity contribution in [3.63, 3.8) is 0 Å². The summed E-state index contributed by atoms with van der Waals surface area (Å²) in [6.07, 6.45) is 65.9.